The number of hydrogen-bond acceptors (Lipinski definition) is 2. The maximum atomic E-state index is 12.7. The third-order valence-electron chi connectivity index (χ3n) is 6.39. The fraction of sp³-hybridized carbons (Fsp3) is 0.154. The van der Waals surface area contributed by atoms with Gasteiger partial charge < -0.3 is 0 Å². The van der Waals surface area contributed by atoms with Crippen LogP contribution in [0, 0.1) is 27.7 Å². The van der Waals surface area contributed by atoms with Gasteiger partial charge in [0.1, 0.15) is 0 Å². The summed E-state index contributed by atoms with van der Waals surface area (Å²) in [6, 6.07) is 12.8. The van der Waals surface area contributed by atoms with E-state index in [0.29, 0.717) is 11.1 Å². The number of benzene rings is 5. The van der Waals surface area contributed by atoms with Crippen LogP contribution in [0.4, 0.5) is 0 Å². The topological polar surface area (TPSA) is 46.2 Å². The zero-order valence-electron chi connectivity index (χ0n) is 16.8. The van der Waals surface area contributed by atoms with Gasteiger partial charge in [-0.25, -0.2) is 0 Å². The van der Waals surface area contributed by atoms with Crippen molar-refractivity contribution in [2.24, 2.45) is 0 Å². The summed E-state index contributed by atoms with van der Waals surface area (Å²) in [5.41, 5.74) is 5.73. The second-order valence-electron chi connectivity index (χ2n) is 8.49. The summed E-state index contributed by atoms with van der Waals surface area (Å²) in [6.07, 6.45) is 0. The molecular weight excluding hydrogens is 358 g/mol. The molecule has 0 saturated carbocycles. The van der Waals surface area contributed by atoms with E-state index in [-0.39, 0.29) is 11.8 Å². The van der Waals surface area contributed by atoms with Gasteiger partial charge in [-0.05, 0) is 99.8 Å². The van der Waals surface area contributed by atoms with Gasteiger partial charge in [0.05, 0.1) is 0 Å². The molecule has 0 unspecified atom stereocenters. The van der Waals surface area contributed by atoms with E-state index < -0.39 is 0 Å². The molecule has 0 aliphatic carbocycles. The number of fused-ring (bicyclic) bond motifs is 2. The standard InChI is InChI=1S/C26H19NO2/c1-11-5-15-6-12(2)8-17-21-14(4)10-19-23-18(25(28)27-26(19)29)9-13(3)20(24(21)23)16(7-11)22(15)17/h5-10H,1-4H3,(H,27,28,29). The number of rotatable bonds is 0. The Kier molecular flexibility index (Phi) is 2.91. The molecule has 1 aliphatic heterocycles. The highest BCUT2D eigenvalue weighted by molar-refractivity contribution is 6.39. The lowest BCUT2D eigenvalue weighted by atomic mass is 9.81. The van der Waals surface area contributed by atoms with Crippen molar-refractivity contribution in [3.63, 3.8) is 0 Å². The second kappa shape index (κ2) is 5.12. The van der Waals surface area contributed by atoms with Crippen molar-refractivity contribution in [1.29, 1.82) is 0 Å². The van der Waals surface area contributed by atoms with Crippen LogP contribution in [0.2, 0.25) is 0 Å². The monoisotopic (exact) mass is 377 g/mol. The van der Waals surface area contributed by atoms with Gasteiger partial charge in [-0.15, -0.1) is 0 Å². The molecule has 0 spiro atoms. The third kappa shape index (κ3) is 1.92. The Morgan fingerprint density at radius 3 is 1.52 bits per heavy atom. The Morgan fingerprint density at radius 2 is 1.03 bits per heavy atom. The van der Waals surface area contributed by atoms with Crippen molar-refractivity contribution < 1.29 is 9.59 Å². The van der Waals surface area contributed by atoms with Crippen LogP contribution in [0.1, 0.15) is 43.0 Å². The van der Waals surface area contributed by atoms with E-state index in [2.05, 4.69) is 57.3 Å². The lowest BCUT2D eigenvalue weighted by Gasteiger charge is -2.24. The van der Waals surface area contributed by atoms with Gasteiger partial charge in [0, 0.05) is 16.5 Å². The molecule has 5 aromatic rings. The third-order valence-corrected chi connectivity index (χ3v) is 6.39. The molecule has 0 fully saturated rings. The highest BCUT2D eigenvalue weighted by Crippen LogP contribution is 2.46. The predicted octanol–water partition coefficient (Wildman–Crippen LogP) is 5.85. The smallest absolute Gasteiger partial charge is 0.258 e. The van der Waals surface area contributed by atoms with Crippen LogP contribution in [0.3, 0.4) is 0 Å². The number of carbonyl (C=O) groups excluding carboxylic acids is 2. The molecule has 29 heavy (non-hydrogen) atoms. The Bertz CT molecular complexity index is 1480. The van der Waals surface area contributed by atoms with E-state index in [4.69, 9.17) is 0 Å². The van der Waals surface area contributed by atoms with Gasteiger partial charge in [0.25, 0.3) is 11.8 Å². The summed E-state index contributed by atoms with van der Waals surface area (Å²) < 4.78 is 0. The van der Waals surface area contributed by atoms with Crippen molar-refractivity contribution in [3.05, 3.63) is 69.8 Å². The molecule has 2 amide bonds. The molecule has 0 saturated heterocycles. The van der Waals surface area contributed by atoms with E-state index in [1.165, 1.54) is 32.7 Å². The molecule has 1 N–H and O–H groups in total. The van der Waals surface area contributed by atoms with Crippen LogP contribution in [0.25, 0.3) is 43.1 Å². The zero-order valence-corrected chi connectivity index (χ0v) is 16.8. The van der Waals surface area contributed by atoms with Crippen LogP contribution >= 0.6 is 0 Å². The molecule has 0 bridgehead atoms. The van der Waals surface area contributed by atoms with Gasteiger partial charge in [-0.2, -0.15) is 0 Å². The van der Waals surface area contributed by atoms with Gasteiger partial charge in [-0.3, -0.25) is 14.9 Å². The van der Waals surface area contributed by atoms with Gasteiger partial charge in [0.15, 0.2) is 0 Å². The van der Waals surface area contributed by atoms with Crippen LogP contribution in [0.5, 0.6) is 0 Å². The summed E-state index contributed by atoms with van der Waals surface area (Å²) in [4.78, 5) is 25.3. The Hall–Kier alpha value is -3.46. The SMILES string of the molecule is Cc1cc2cc(C)cc3c4c(C)cc5c6c(cc(C)c(c(c1)c23)c64)C(=O)NC5=O. The largest absolute Gasteiger partial charge is 0.288 e. The van der Waals surface area contributed by atoms with E-state index in [0.717, 1.165) is 32.7 Å². The molecule has 0 atom stereocenters. The molecule has 140 valence electrons. The summed E-state index contributed by atoms with van der Waals surface area (Å²) in [7, 11) is 0. The molecule has 3 nitrogen and oxygen atoms in total. The van der Waals surface area contributed by atoms with Crippen molar-refractivity contribution >= 4 is 54.9 Å². The minimum absolute atomic E-state index is 0.309. The van der Waals surface area contributed by atoms with Crippen molar-refractivity contribution in [2.75, 3.05) is 0 Å². The van der Waals surface area contributed by atoms with Crippen molar-refractivity contribution in [1.82, 2.24) is 5.32 Å². The van der Waals surface area contributed by atoms with Crippen LogP contribution in [0.15, 0.2) is 36.4 Å². The molecule has 1 heterocycles. The normalized spacial score (nSPS) is 13.9. The minimum Gasteiger partial charge on any atom is -0.288 e. The maximum Gasteiger partial charge on any atom is 0.258 e. The highest BCUT2D eigenvalue weighted by atomic mass is 16.2. The quantitative estimate of drug-likeness (QED) is 0.209. The van der Waals surface area contributed by atoms with E-state index >= 15 is 0 Å². The average Bonchev–Trinajstić information content (AvgIpc) is 2.64. The molecule has 3 heteroatoms. The number of nitrogens with one attached hydrogen (secondary N) is 1. The van der Waals surface area contributed by atoms with Gasteiger partial charge in [0.2, 0.25) is 0 Å². The van der Waals surface area contributed by atoms with Gasteiger partial charge in [-0.1, -0.05) is 24.3 Å². The first-order chi connectivity index (χ1) is 13.8. The summed E-state index contributed by atoms with van der Waals surface area (Å²) >= 11 is 0. The summed E-state index contributed by atoms with van der Waals surface area (Å²) in [6.45, 7) is 8.37. The summed E-state index contributed by atoms with van der Waals surface area (Å²) in [5, 5.41) is 11.5. The molecule has 0 radical (unpaired) electrons. The number of aryl methyl sites for hydroxylation is 4. The zero-order chi connectivity index (χ0) is 20.2. The minimum atomic E-state index is -0.309. The Balaban J connectivity index is 2.09. The maximum absolute atomic E-state index is 12.7. The number of imide groups is 1. The fourth-order valence-corrected chi connectivity index (χ4v) is 5.41. The molecule has 0 aromatic heterocycles. The highest BCUT2D eigenvalue weighted by Gasteiger charge is 2.29. The van der Waals surface area contributed by atoms with Crippen molar-refractivity contribution in [2.45, 2.75) is 27.7 Å². The first-order valence-corrected chi connectivity index (χ1v) is 9.87. The molecule has 6 rings (SSSR count). The van der Waals surface area contributed by atoms with E-state index in [1.54, 1.807) is 0 Å². The predicted molar refractivity (Wildman–Crippen MR) is 118 cm³/mol. The molecular formula is C26H19NO2. The van der Waals surface area contributed by atoms with Crippen molar-refractivity contribution in [3.8, 4) is 0 Å². The average molecular weight is 377 g/mol. The Labute approximate surface area is 167 Å². The van der Waals surface area contributed by atoms with Crippen LogP contribution in [-0.4, -0.2) is 11.8 Å². The first-order valence-electron chi connectivity index (χ1n) is 9.87. The van der Waals surface area contributed by atoms with Crippen LogP contribution < -0.4 is 5.32 Å². The number of hydrogen-bond donors (Lipinski definition) is 1. The molecule has 5 aromatic carbocycles. The lowest BCUT2D eigenvalue weighted by Crippen LogP contribution is -2.35. The van der Waals surface area contributed by atoms with Crippen LogP contribution in [-0.2, 0) is 0 Å². The summed E-state index contributed by atoms with van der Waals surface area (Å²) in [5.74, 6) is -0.618. The number of carbonyl (C=O) groups is 2. The fourth-order valence-electron chi connectivity index (χ4n) is 5.41. The lowest BCUT2D eigenvalue weighted by molar-refractivity contribution is 0.0845. The molecule has 1 aliphatic rings. The Morgan fingerprint density at radius 1 is 0.552 bits per heavy atom. The second-order valence-corrected chi connectivity index (χ2v) is 8.49. The first kappa shape index (κ1) is 16.5. The van der Waals surface area contributed by atoms with E-state index in [9.17, 15) is 9.59 Å². The van der Waals surface area contributed by atoms with E-state index in [1.807, 2.05) is 12.1 Å². The number of amides is 2. The van der Waals surface area contributed by atoms with Gasteiger partial charge >= 0.3 is 0 Å².